The van der Waals surface area contributed by atoms with Crippen molar-refractivity contribution in [2.24, 2.45) is 23.7 Å². The maximum absolute atomic E-state index is 14.6. The van der Waals surface area contributed by atoms with Gasteiger partial charge in [-0.2, -0.15) is 0 Å². The molecule has 14 heteroatoms. The minimum Gasteiger partial charge on any atom is -0.507 e. The molecule has 0 unspecified atom stereocenters. The summed E-state index contributed by atoms with van der Waals surface area (Å²) in [4.78, 5) is 45.6. The summed E-state index contributed by atoms with van der Waals surface area (Å²) >= 11 is 0. The summed E-state index contributed by atoms with van der Waals surface area (Å²) in [6.45, 7) is 14.7. The molecule has 57 heavy (non-hydrogen) atoms. The maximum atomic E-state index is 14.6. The Morgan fingerprint density at radius 3 is 2.35 bits per heavy atom. The highest BCUT2D eigenvalue weighted by Crippen LogP contribution is 2.54. The number of carbonyl (C=O) groups excluding carboxylic acids is 3. The number of carbonyl (C=O) groups is 3. The van der Waals surface area contributed by atoms with Gasteiger partial charge in [-0.15, -0.1) is 0 Å². The highest BCUT2D eigenvalue weighted by atomic mass is 16.7. The van der Waals surface area contributed by atoms with Crippen LogP contribution in [0.2, 0.25) is 0 Å². The lowest BCUT2D eigenvalue weighted by Crippen LogP contribution is -2.46. The van der Waals surface area contributed by atoms with Gasteiger partial charge in [0.1, 0.15) is 40.0 Å². The summed E-state index contributed by atoms with van der Waals surface area (Å²) in [6.07, 6.45) is 5.62. The number of nitrogens with zero attached hydrogens (tertiary/aromatic N) is 2. The largest absolute Gasteiger partial charge is 0.507 e. The number of amides is 1. The molecule has 5 N–H and O–H groups in total. The second kappa shape index (κ2) is 15.5. The van der Waals surface area contributed by atoms with E-state index >= 15 is 0 Å². The summed E-state index contributed by atoms with van der Waals surface area (Å²) in [5.74, 6) is -6.96. The molecule has 2 aliphatic rings. The molecule has 4 bridgehead atoms. The predicted octanol–water partition coefficient (Wildman–Crippen LogP) is 6.16. The first-order valence-corrected chi connectivity index (χ1v) is 19.0. The maximum Gasteiger partial charge on any atom is 0.312 e. The van der Waals surface area contributed by atoms with E-state index in [4.69, 9.17) is 23.9 Å². The number of nitrogens with one attached hydrogen (secondary N) is 1. The second-order valence-electron chi connectivity index (χ2n) is 15.6. The van der Waals surface area contributed by atoms with E-state index in [1.807, 2.05) is 19.1 Å². The predicted molar refractivity (Wildman–Crippen MR) is 213 cm³/mol. The van der Waals surface area contributed by atoms with Gasteiger partial charge in [0.05, 0.1) is 35.5 Å². The lowest BCUT2D eigenvalue weighted by atomic mass is 9.78. The quantitative estimate of drug-likeness (QED) is 0.115. The van der Waals surface area contributed by atoms with Crippen LogP contribution in [0.1, 0.15) is 70.0 Å². The number of aliphatic hydroxyl groups excluding tert-OH is 2. The standard InChI is InChI=1S/C43H51N3O11/c1-19-14-16-46-28(18-19)44-32-29-30-37(50)25(7)40-31(29)41(52)43(9,57-40)55-17-15-27(54-10)22(4)39(56-26(8)47)24(6)36(49)23(5)35(48)20(2)12-11-13-21(3)42(53)45-33(34(32)46)38(30)51/h11-18,20,22-24,27,35-36,39,48-51H,1-10H3,(H,45,53)/b12-11?,17-15?,21-13-/t20-,22+,23+,24+,27-,35-,36+,39+,43-/m0/s1. The number of rotatable bonds is 2. The van der Waals surface area contributed by atoms with E-state index in [2.05, 4.69) is 5.32 Å². The number of allylic oxidation sites excluding steroid dienone is 2. The Hall–Kier alpha value is -5.44. The Kier molecular flexibility index (Phi) is 11.2. The van der Waals surface area contributed by atoms with E-state index in [1.54, 1.807) is 63.4 Å². The number of methoxy groups -OCH3 is 1. The van der Waals surface area contributed by atoms with Gasteiger partial charge in [-0.3, -0.25) is 18.8 Å². The van der Waals surface area contributed by atoms with Crippen LogP contribution < -0.4 is 10.1 Å². The number of ketones is 1. The first-order valence-electron chi connectivity index (χ1n) is 19.0. The molecule has 0 spiro atoms. The van der Waals surface area contributed by atoms with Gasteiger partial charge in [0.2, 0.25) is 0 Å². The minimum atomic E-state index is -1.96. The third-order valence-electron chi connectivity index (χ3n) is 11.5. The number of anilines is 1. The van der Waals surface area contributed by atoms with Crippen LogP contribution in [0.4, 0.5) is 5.69 Å². The lowest BCUT2D eigenvalue weighted by Gasteiger charge is -2.38. The van der Waals surface area contributed by atoms with Crippen LogP contribution in [0, 0.1) is 37.5 Å². The van der Waals surface area contributed by atoms with Crippen LogP contribution in [0.3, 0.4) is 0 Å². The third-order valence-corrected chi connectivity index (χ3v) is 11.5. The van der Waals surface area contributed by atoms with Crippen molar-refractivity contribution in [2.45, 2.75) is 92.5 Å². The SMILES string of the molecule is CO[C@H]1C=CO[C@@]2(C)Oc3c(C)c(O)c4c(O)c(c5c(nc6cc(C)ccn65)c4c3C2=O)NC(=O)/C(C)=C\C=C[C@H](C)[C@H](O)[C@@H](C)[C@@H](O)[C@@H](C)[C@H](OC(C)=O)[C@@H]1C. The zero-order valence-electron chi connectivity index (χ0n) is 33.8. The number of aromatic nitrogens is 2. The highest BCUT2D eigenvalue weighted by Gasteiger charge is 2.50. The number of imidazole rings is 1. The van der Waals surface area contributed by atoms with E-state index in [1.165, 1.54) is 40.2 Å². The molecule has 0 radical (unpaired) electrons. The molecule has 9 atom stereocenters. The van der Waals surface area contributed by atoms with Crippen LogP contribution in [-0.2, 0) is 23.8 Å². The highest BCUT2D eigenvalue weighted by molar-refractivity contribution is 6.28. The average Bonchev–Trinajstić information content (AvgIpc) is 3.67. The summed E-state index contributed by atoms with van der Waals surface area (Å²) in [7, 11) is 1.46. The number of Topliss-reactive ketones (excluding diaryl/α,β-unsaturated/α-hetero) is 1. The van der Waals surface area contributed by atoms with Gasteiger partial charge in [0, 0.05) is 67.3 Å². The van der Waals surface area contributed by atoms with Gasteiger partial charge in [-0.05, 0) is 44.5 Å². The van der Waals surface area contributed by atoms with Crippen LogP contribution in [0.15, 0.2) is 54.5 Å². The Morgan fingerprint density at radius 1 is 0.982 bits per heavy atom. The van der Waals surface area contributed by atoms with E-state index in [-0.39, 0.29) is 55.7 Å². The number of hydrogen-bond donors (Lipinski definition) is 5. The Bertz CT molecular complexity index is 2380. The number of fused-ring (bicyclic) bond motifs is 2. The van der Waals surface area contributed by atoms with Crippen molar-refractivity contribution in [3.63, 3.8) is 0 Å². The zero-order chi connectivity index (χ0) is 41.8. The molecule has 14 nitrogen and oxygen atoms in total. The normalized spacial score (nSPS) is 29.7. The van der Waals surface area contributed by atoms with Crippen molar-refractivity contribution < 1.29 is 53.8 Å². The minimum absolute atomic E-state index is 0.0185. The van der Waals surface area contributed by atoms with Crippen molar-refractivity contribution >= 4 is 50.8 Å². The smallest absolute Gasteiger partial charge is 0.312 e. The van der Waals surface area contributed by atoms with Crippen LogP contribution in [0.25, 0.3) is 27.5 Å². The first-order chi connectivity index (χ1) is 26.8. The van der Waals surface area contributed by atoms with Crippen molar-refractivity contribution in [3.8, 4) is 17.2 Å². The summed E-state index contributed by atoms with van der Waals surface area (Å²) < 4.78 is 25.5. The van der Waals surface area contributed by atoms with E-state index < -0.39 is 77.3 Å². The van der Waals surface area contributed by atoms with Crippen LogP contribution in [-0.4, -0.2) is 84.8 Å². The molecule has 2 aromatic heterocycles. The number of benzene rings is 2. The van der Waals surface area contributed by atoms with Gasteiger partial charge in [0.25, 0.3) is 11.7 Å². The number of phenolic OH excluding ortho intramolecular Hbond substituents is 2. The van der Waals surface area contributed by atoms with E-state index in [9.17, 15) is 34.8 Å². The molecule has 2 aromatic carbocycles. The molecule has 6 rings (SSSR count). The fourth-order valence-electron chi connectivity index (χ4n) is 8.03. The molecule has 4 aromatic rings. The van der Waals surface area contributed by atoms with Crippen LogP contribution in [0.5, 0.6) is 17.2 Å². The molecular formula is C43H51N3O11. The average molecular weight is 786 g/mol. The Labute approximate surface area is 330 Å². The van der Waals surface area contributed by atoms with Crippen molar-refractivity contribution in [3.05, 3.63) is 71.2 Å². The fourth-order valence-corrected chi connectivity index (χ4v) is 8.03. The Balaban J connectivity index is 1.58. The van der Waals surface area contributed by atoms with Gasteiger partial charge in [-0.1, -0.05) is 45.9 Å². The number of esters is 1. The van der Waals surface area contributed by atoms with Gasteiger partial charge in [-0.25, -0.2) is 4.98 Å². The molecule has 0 saturated heterocycles. The summed E-state index contributed by atoms with van der Waals surface area (Å²) in [6, 6.07) is 3.64. The molecule has 304 valence electrons. The molecule has 0 saturated carbocycles. The number of aliphatic hydroxyl groups is 2. The van der Waals surface area contributed by atoms with Gasteiger partial charge >= 0.3 is 11.8 Å². The van der Waals surface area contributed by atoms with Crippen molar-refractivity contribution in [1.29, 1.82) is 0 Å². The topological polar surface area (TPSA) is 198 Å². The number of aromatic hydroxyl groups is 2. The summed E-state index contributed by atoms with van der Waals surface area (Å²) in [5.41, 5.74) is 2.18. The van der Waals surface area contributed by atoms with Gasteiger partial charge in [0.15, 0.2) is 5.75 Å². The monoisotopic (exact) mass is 785 g/mol. The van der Waals surface area contributed by atoms with Gasteiger partial charge < -0.3 is 44.7 Å². The summed E-state index contributed by atoms with van der Waals surface area (Å²) in [5, 5.41) is 49.4. The molecule has 2 aliphatic heterocycles. The van der Waals surface area contributed by atoms with Crippen molar-refractivity contribution in [1.82, 2.24) is 9.38 Å². The Morgan fingerprint density at radius 2 is 1.68 bits per heavy atom. The van der Waals surface area contributed by atoms with Crippen molar-refractivity contribution in [2.75, 3.05) is 12.4 Å². The molecule has 4 heterocycles. The van der Waals surface area contributed by atoms with E-state index in [0.717, 1.165) is 5.56 Å². The number of aryl methyl sites for hydroxylation is 1. The fraction of sp³-hybridized carbons (Fsp3) is 0.442. The third kappa shape index (κ3) is 7.10. The number of pyridine rings is 1. The first kappa shape index (κ1) is 41.2. The zero-order valence-corrected chi connectivity index (χ0v) is 33.8. The van der Waals surface area contributed by atoms with Crippen LogP contribution >= 0.6 is 0 Å². The molecule has 0 aliphatic carbocycles. The number of ether oxygens (including phenoxy) is 4. The second-order valence-corrected chi connectivity index (χ2v) is 15.6. The molecular weight excluding hydrogens is 734 g/mol. The number of phenols is 2. The van der Waals surface area contributed by atoms with E-state index in [0.29, 0.717) is 5.65 Å². The molecule has 1 amide bonds. The molecule has 0 fully saturated rings. The lowest BCUT2D eigenvalue weighted by molar-refractivity contribution is -0.160. The number of hydrogen-bond acceptors (Lipinski definition) is 12.